The Morgan fingerprint density at radius 3 is 2.81 bits per heavy atom. The second kappa shape index (κ2) is 8.26. The van der Waals surface area contributed by atoms with Gasteiger partial charge in [0.05, 0.1) is 18.2 Å². The van der Waals surface area contributed by atoms with E-state index >= 15 is 0 Å². The van der Waals surface area contributed by atoms with Crippen molar-refractivity contribution in [2.75, 3.05) is 26.8 Å². The third-order valence-electron chi connectivity index (χ3n) is 4.60. The van der Waals surface area contributed by atoms with Gasteiger partial charge in [0.2, 0.25) is 11.7 Å². The smallest absolute Gasteiger partial charge is 0.419 e. The molecule has 1 saturated heterocycles. The lowest BCUT2D eigenvalue weighted by Gasteiger charge is -2.15. The van der Waals surface area contributed by atoms with Crippen LogP contribution < -0.4 is 4.74 Å². The normalized spacial score (nSPS) is 18.2. The van der Waals surface area contributed by atoms with E-state index in [0.717, 1.165) is 25.5 Å². The van der Waals surface area contributed by atoms with Crippen LogP contribution in [0.25, 0.3) is 11.4 Å². The lowest BCUT2D eigenvalue weighted by Crippen LogP contribution is -2.17. The number of alkyl halides is 3. The average Bonchev–Trinajstić information content (AvgIpc) is 3.26. The van der Waals surface area contributed by atoms with Crippen molar-refractivity contribution in [1.29, 1.82) is 0 Å². The van der Waals surface area contributed by atoms with Gasteiger partial charge in [0.15, 0.2) is 0 Å². The number of benzene rings is 1. The van der Waals surface area contributed by atoms with Crippen molar-refractivity contribution < 1.29 is 27.5 Å². The summed E-state index contributed by atoms with van der Waals surface area (Å²) in [6.45, 7) is 0.997. The second-order valence-corrected chi connectivity index (χ2v) is 6.58. The van der Waals surface area contributed by atoms with E-state index in [0.29, 0.717) is 18.7 Å². The summed E-state index contributed by atoms with van der Waals surface area (Å²) < 4.78 is 50.8. The van der Waals surface area contributed by atoms with E-state index in [1.165, 1.54) is 12.1 Å². The van der Waals surface area contributed by atoms with Crippen LogP contribution in [0.3, 0.4) is 0 Å². The summed E-state index contributed by atoms with van der Waals surface area (Å²) >= 11 is 0. The zero-order valence-electron chi connectivity index (χ0n) is 15.0. The average molecular weight is 385 g/mol. The predicted molar refractivity (Wildman–Crippen MR) is 91.2 cm³/mol. The quantitative estimate of drug-likeness (QED) is 0.734. The molecule has 0 radical (unpaired) electrons. The molecular formula is C18H22F3N3O3. The lowest BCUT2D eigenvalue weighted by molar-refractivity contribution is -0.138. The number of aliphatic hydroxyl groups excluding tert-OH is 1. The van der Waals surface area contributed by atoms with Crippen molar-refractivity contribution in [3.8, 4) is 17.1 Å². The molecule has 1 fully saturated rings. The van der Waals surface area contributed by atoms with Crippen molar-refractivity contribution in [2.24, 2.45) is 0 Å². The molecule has 0 spiro atoms. The zero-order valence-corrected chi connectivity index (χ0v) is 15.0. The first-order valence-corrected chi connectivity index (χ1v) is 8.89. The van der Waals surface area contributed by atoms with Crippen LogP contribution in [0.15, 0.2) is 22.7 Å². The van der Waals surface area contributed by atoms with E-state index in [1.807, 2.05) is 7.05 Å². The molecule has 1 N–H and O–H groups in total. The van der Waals surface area contributed by atoms with E-state index in [1.54, 1.807) is 0 Å². The molecule has 0 aliphatic carbocycles. The highest BCUT2D eigenvalue weighted by molar-refractivity contribution is 5.59. The number of nitrogens with zero attached hydrogens (tertiary/aromatic N) is 3. The van der Waals surface area contributed by atoms with Gasteiger partial charge in [0.1, 0.15) is 5.75 Å². The summed E-state index contributed by atoms with van der Waals surface area (Å²) in [5.41, 5.74) is -0.658. The number of rotatable bonds is 7. The van der Waals surface area contributed by atoms with Gasteiger partial charge in [-0.3, -0.25) is 4.90 Å². The minimum absolute atomic E-state index is 0.00229. The monoisotopic (exact) mass is 385 g/mol. The molecule has 1 atom stereocenters. The van der Waals surface area contributed by atoms with Crippen molar-refractivity contribution >= 4 is 0 Å². The van der Waals surface area contributed by atoms with Crippen LogP contribution in [0.5, 0.6) is 5.75 Å². The zero-order chi connectivity index (χ0) is 19.4. The highest BCUT2D eigenvalue weighted by Crippen LogP contribution is 2.39. The van der Waals surface area contributed by atoms with Gasteiger partial charge in [-0.1, -0.05) is 5.16 Å². The van der Waals surface area contributed by atoms with Gasteiger partial charge >= 0.3 is 6.18 Å². The van der Waals surface area contributed by atoms with Crippen molar-refractivity contribution in [1.82, 2.24) is 15.0 Å². The van der Waals surface area contributed by atoms with Gasteiger partial charge in [-0.05, 0) is 57.5 Å². The fraction of sp³-hybridized carbons (Fsp3) is 0.556. The van der Waals surface area contributed by atoms with E-state index in [2.05, 4.69) is 15.0 Å². The summed E-state index contributed by atoms with van der Waals surface area (Å²) in [5.74, 6) is 0.300. The number of hydrogen-bond donors (Lipinski definition) is 1. The molecule has 1 aliphatic rings. The number of aromatic nitrogens is 2. The minimum Gasteiger partial charge on any atom is -0.493 e. The Balaban J connectivity index is 1.83. The van der Waals surface area contributed by atoms with Gasteiger partial charge in [-0.25, -0.2) is 0 Å². The van der Waals surface area contributed by atoms with Gasteiger partial charge in [0.25, 0.3) is 0 Å². The Labute approximate surface area is 154 Å². The fourth-order valence-corrected chi connectivity index (χ4v) is 3.12. The highest BCUT2D eigenvalue weighted by Gasteiger charge is 2.35. The molecule has 0 saturated carbocycles. The number of hydrogen-bond acceptors (Lipinski definition) is 6. The predicted octanol–water partition coefficient (Wildman–Crippen LogP) is 3.67. The van der Waals surface area contributed by atoms with Crippen LogP contribution in [-0.4, -0.2) is 47.0 Å². The maximum absolute atomic E-state index is 13.4. The SMILES string of the molecule is CN1CCC[C@H]1c1nc(-c2ccc(OCCCCO)c(C(F)(F)F)c2)no1. The maximum Gasteiger partial charge on any atom is 0.419 e. The molecule has 27 heavy (non-hydrogen) atoms. The minimum atomic E-state index is -4.57. The topological polar surface area (TPSA) is 71.6 Å². The van der Waals surface area contributed by atoms with E-state index in [9.17, 15) is 13.2 Å². The molecule has 1 aliphatic heterocycles. The van der Waals surface area contributed by atoms with Crippen LogP contribution in [0.4, 0.5) is 13.2 Å². The number of likely N-dealkylation sites (tertiary alicyclic amines) is 1. The molecule has 148 valence electrons. The third-order valence-corrected chi connectivity index (χ3v) is 4.60. The summed E-state index contributed by atoms with van der Waals surface area (Å²) in [4.78, 5) is 6.38. The van der Waals surface area contributed by atoms with Crippen LogP contribution in [0.2, 0.25) is 0 Å². The number of ether oxygens (including phenoxy) is 1. The molecule has 9 heteroatoms. The molecule has 1 aromatic carbocycles. The Morgan fingerprint density at radius 1 is 1.33 bits per heavy atom. The van der Waals surface area contributed by atoms with E-state index in [-0.39, 0.29) is 36.4 Å². The standard InChI is InChI=1S/C18H22F3N3O3/c1-24-8-4-5-14(24)17-22-16(23-27-17)12-6-7-15(26-10-3-2-9-25)13(11-12)18(19,20)21/h6-7,11,14,25H,2-5,8-10H2,1H3/t14-/m0/s1. The number of aliphatic hydroxyl groups is 1. The number of halogens is 3. The van der Waals surface area contributed by atoms with Crippen molar-refractivity contribution in [2.45, 2.75) is 37.9 Å². The van der Waals surface area contributed by atoms with Gasteiger partial charge in [0, 0.05) is 12.2 Å². The Bertz CT molecular complexity index is 764. The van der Waals surface area contributed by atoms with Crippen LogP contribution in [0.1, 0.15) is 43.2 Å². The number of unbranched alkanes of at least 4 members (excludes halogenated alkanes) is 1. The van der Waals surface area contributed by atoms with Gasteiger partial charge in [-0.2, -0.15) is 18.2 Å². The summed E-state index contributed by atoms with van der Waals surface area (Å²) in [6.07, 6.45) is -1.73. The summed E-state index contributed by atoms with van der Waals surface area (Å²) in [7, 11) is 1.95. The summed E-state index contributed by atoms with van der Waals surface area (Å²) in [5, 5.41) is 12.6. The lowest BCUT2D eigenvalue weighted by atomic mass is 10.1. The molecule has 6 nitrogen and oxygen atoms in total. The first-order chi connectivity index (χ1) is 12.9. The second-order valence-electron chi connectivity index (χ2n) is 6.58. The Kier molecular flexibility index (Phi) is 6.01. The molecular weight excluding hydrogens is 363 g/mol. The van der Waals surface area contributed by atoms with E-state index < -0.39 is 11.7 Å². The molecule has 0 amide bonds. The molecule has 0 unspecified atom stereocenters. The van der Waals surface area contributed by atoms with Crippen LogP contribution in [-0.2, 0) is 6.18 Å². The summed E-state index contributed by atoms with van der Waals surface area (Å²) in [6, 6.07) is 3.75. The maximum atomic E-state index is 13.4. The van der Waals surface area contributed by atoms with Crippen LogP contribution >= 0.6 is 0 Å². The molecule has 2 heterocycles. The molecule has 2 aromatic rings. The Hall–Kier alpha value is -2.13. The Morgan fingerprint density at radius 2 is 2.15 bits per heavy atom. The fourth-order valence-electron chi connectivity index (χ4n) is 3.12. The van der Waals surface area contributed by atoms with Crippen molar-refractivity contribution in [3.63, 3.8) is 0 Å². The third kappa shape index (κ3) is 4.59. The first kappa shape index (κ1) is 19.6. The molecule has 0 bridgehead atoms. The highest BCUT2D eigenvalue weighted by atomic mass is 19.4. The molecule has 3 rings (SSSR count). The van der Waals surface area contributed by atoms with Gasteiger partial charge in [-0.15, -0.1) is 0 Å². The van der Waals surface area contributed by atoms with Crippen LogP contribution in [0, 0.1) is 0 Å². The van der Waals surface area contributed by atoms with E-state index in [4.69, 9.17) is 14.4 Å². The molecule has 1 aromatic heterocycles. The largest absolute Gasteiger partial charge is 0.493 e. The first-order valence-electron chi connectivity index (χ1n) is 8.89. The van der Waals surface area contributed by atoms with Gasteiger partial charge < -0.3 is 14.4 Å². The van der Waals surface area contributed by atoms with Crippen molar-refractivity contribution in [3.05, 3.63) is 29.7 Å².